The number of aliphatic imine (C=N–C) groups is 1. The van der Waals surface area contributed by atoms with E-state index in [1.54, 1.807) is 7.05 Å². The van der Waals surface area contributed by atoms with Crippen molar-refractivity contribution in [2.75, 3.05) is 26.4 Å². The van der Waals surface area contributed by atoms with E-state index in [2.05, 4.69) is 44.9 Å². The Labute approximate surface area is 124 Å². The molecule has 0 atom stereocenters. The van der Waals surface area contributed by atoms with Gasteiger partial charge in [-0.15, -0.1) is 0 Å². The van der Waals surface area contributed by atoms with Crippen molar-refractivity contribution >= 4 is 28.6 Å². The number of thioether (sulfide) groups is 1. The summed E-state index contributed by atoms with van der Waals surface area (Å²) >= 11 is 1.87. The first-order valence-electron chi connectivity index (χ1n) is 6.64. The van der Waals surface area contributed by atoms with Crippen LogP contribution in [0.2, 0.25) is 0 Å². The maximum atomic E-state index is 4.66. The standard InChI is InChI=1S/C15H20N4S/c1-16-15(17-2)18-9-10-20-11-13-8-7-12-5-3-4-6-14(12)19-13/h3-8H,9-11H2,1-2H3,(H2,16,17,18). The quantitative estimate of drug-likeness (QED) is 0.503. The first kappa shape index (κ1) is 14.7. The van der Waals surface area contributed by atoms with E-state index in [-0.39, 0.29) is 0 Å². The lowest BCUT2D eigenvalue weighted by Crippen LogP contribution is -2.35. The minimum Gasteiger partial charge on any atom is -0.359 e. The smallest absolute Gasteiger partial charge is 0.190 e. The molecule has 0 bridgehead atoms. The van der Waals surface area contributed by atoms with E-state index in [4.69, 9.17) is 0 Å². The molecule has 2 aromatic rings. The molecule has 5 heteroatoms. The van der Waals surface area contributed by atoms with Crippen molar-refractivity contribution in [3.8, 4) is 0 Å². The molecule has 20 heavy (non-hydrogen) atoms. The second-order valence-corrected chi connectivity index (χ2v) is 5.40. The summed E-state index contributed by atoms with van der Waals surface area (Å²) in [6.45, 7) is 0.895. The second kappa shape index (κ2) is 7.75. The van der Waals surface area contributed by atoms with Gasteiger partial charge in [-0.2, -0.15) is 11.8 Å². The SMILES string of the molecule is CN=C(NC)NCCSCc1ccc2ccccc2n1. The van der Waals surface area contributed by atoms with Crippen LogP contribution < -0.4 is 10.6 Å². The molecule has 0 saturated heterocycles. The van der Waals surface area contributed by atoms with E-state index in [1.165, 1.54) is 5.39 Å². The molecule has 1 heterocycles. The van der Waals surface area contributed by atoms with E-state index >= 15 is 0 Å². The molecule has 0 aliphatic rings. The molecule has 0 unspecified atom stereocenters. The number of hydrogen-bond donors (Lipinski definition) is 2. The first-order valence-corrected chi connectivity index (χ1v) is 7.80. The van der Waals surface area contributed by atoms with Crippen LogP contribution in [0.15, 0.2) is 41.4 Å². The summed E-state index contributed by atoms with van der Waals surface area (Å²) in [5.41, 5.74) is 2.20. The summed E-state index contributed by atoms with van der Waals surface area (Å²) in [7, 11) is 3.63. The van der Waals surface area contributed by atoms with Crippen LogP contribution >= 0.6 is 11.8 Å². The van der Waals surface area contributed by atoms with E-state index in [1.807, 2.05) is 30.9 Å². The molecule has 0 amide bonds. The number of nitrogens with one attached hydrogen (secondary N) is 2. The fourth-order valence-corrected chi connectivity index (χ4v) is 2.65. The molecule has 0 aliphatic carbocycles. The highest BCUT2D eigenvalue weighted by Gasteiger charge is 1.99. The van der Waals surface area contributed by atoms with Gasteiger partial charge in [0.25, 0.3) is 0 Å². The van der Waals surface area contributed by atoms with Gasteiger partial charge in [0.05, 0.1) is 11.2 Å². The van der Waals surface area contributed by atoms with Crippen LogP contribution in [0.4, 0.5) is 0 Å². The van der Waals surface area contributed by atoms with Gasteiger partial charge in [0.2, 0.25) is 0 Å². The molecule has 0 saturated carbocycles. The number of para-hydroxylation sites is 1. The highest BCUT2D eigenvalue weighted by atomic mass is 32.2. The summed E-state index contributed by atoms with van der Waals surface area (Å²) in [4.78, 5) is 8.73. The summed E-state index contributed by atoms with van der Waals surface area (Å²) in [5, 5.41) is 7.43. The Balaban J connectivity index is 1.78. The van der Waals surface area contributed by atoms with Crippen molar-refractivity contribution in [2.45, 2.75) is 5.75 Å². The molecule has 2 rings (SSSR count). The van der Waals surface area contributed by atoms with Gasteiger partial charge < -0.3 is 10.6 Å². The average molecular weight is 288 g/mol. The van der Waals surface area contributed by atoms with Gasteiger partial charge in [0.1, 0.15) is 0 Å². The Morgan fingerprint density at radius 2 is 2.10 bits per heavy atom. The summed E-state index contributed by atoms with van der Waals surface area (Å²) in [6, 6.07) is 12.5. The Morgan fingerprint density at radius 3 is 2.90 bits per heavy atom. The number of guanidine groups is 1. The minimum absolute atomic E-state index is 0.828. The topological polar surface area (TPSA) is 49.3 Å². The van der Waals surface area contributed by atoms with Gasteiger partial charge in [-0.05, 0) is 12.1 Å². The first-order chi connectivity index (χ1) is 9.83. The Hall–Kier alpha value is -1.75. The molecule has 1 aromatic heterocycles. The lowest BCUT2D eigenvalue weighted by Gasteiger charge is -2.08. The van der Waals surface area contributed by atoms with E-state index < -0.39 is 0 Å². The van der Waals surface area contributed by atoms with E-state index in [0.717, 1.165) is 35.2 Å². The lowest BCUT2D eigenvalue weighted by atomic mass is 10.2. The number of aromatic nitrogens is 1. The molecule has 0 radical (unpaired) electrons. The van der Waals surface area contributed by atoms with Crippen LogP contribution in [0, 0.1) is 0 Å². The number of rotatable bonds is 5. The highest BCUT2D eigenvalue weighted by molar-refractivity contribution is 7.98. The molecule has 0 aliphatic heterocycles. The molecule has 4 nitrogen and oxygen atoms in total. The zero-order chi connectivity index (χ0) is 14.2. The van der Waals surface area contributed by atoms with Crippen molar-refractivity contribution in [1.29, 1.82) is 0 Å². The number of benzene rings is 1. The van der Waals surface area contributed by atoms with Gasteiger partial charge >= 0.3 is 0 Å². The highest BCUT2D eigenvalue weighted by Crippen LogP contribution is 2.15. The lowest BCUT2D eigenvalue weighted by molar-refractivity contribution is 0.912. The van der Waals surface area contributed by atoms with Crippen molar-refractivity contribution in [2.24, 2.45) is 4.99 Å². The van der Waals surface area contributed by atoms with Crippen LogP contribution in [0.3, 0.4) is 0 Å². The molecular formula is C15H20N4S. The van der Waals surface area contributed by atoms with Crippen LogP contribution in [0.1, 0.15) is 5.69 Å². The average Bonchev–Trinajstić information content (AvgIpc) is 2.51. The predicted octanol–water partition coefficient (Wildman–Crippen LogP) is 2.26. The van der Waals surface area contributed by atoms with Crippen molar-refractivity contribution in [3.05, 3.63) is 42.1 Å². The largest absolute Gasteiger partial charge is 0.359 e. The van der Waals surface area contributed by atoms with Crippen LogP contribution in [-0.2, 0) is 5.75 Å². The molecule has 106 valence electrons. The Morgan fingerprint density at radius 1 is 1.25 bits per heavy atom. The van der Waals surface area contributed by atoms with Gasteiger partial charge in [0, 0.05) is 37.5 Å². The van der Waals surface area contributed by atoms with E-state index in [0.29, 0.717) is 0 Å². The zero-order valence-corrected chi connectivity index (χ0v) is 12.7. The molecular weight excluding hydrogens is 268 g/mol. The maximum absolute atomic E-state index is 4.66. The third-order valence-electron chi connectivity index (χ3n) is 2.91. The molecule has 1 aromatic carbocycles. The van der Waals surface area contributed by atoms with E-state index in [9.17, 15) is 0 Å². The fraction of sp³-hybridized carbons (Fsp3) is 0.333. The van der Waals surface area contributed by atoms with Crippen molar-refractivity contribution < 1.29 is 0 Å². The summed E-state index contributed by atoms with van der Waals surface area (Å²) in [5.74, 6) is 2.79. The number of fused-ring (bicyclic) bond motifs is 1. The van der Waals surface area contributed by atoms with Gasteiger partial charge in [-0.1, -0.05) is 24.3 Å². The Kier molecular flexibility index (Phi) is 5.68. The summed E-state index contributed by atoms with van der Waals surface area (Å²) in [6.07, 6.45) is 0. The third-order valence-corrected chi connectivity index (χ3v) is 3.90. The van der Waals surface area contributed by atoms with Crippen molar-refractivity contribution in [3.63, 3.8) is 0 Å². The van der Waals surface area contributed by atoms with Crippen LogP contribution in [0.25, 0.3) is 10.9 Å². The van der Waals surface area contributed by atoms with Gasteiger partial charge in [-0.25, -0.2) is 0 Å². The molecule has 0 fully saturated rings. The van der Waals surface area contributed by atoms with Crippen LogP contribution in [0.5, 0.6) is 0 Å². The normalized spacial score (nSPS) is 11.6. The fourth-order valence-electron chi connectivity index (χ4n) is 1.89. The van der Waals surface area contributed by atoms with Gasteiger partial charge in [0.15, 0.2) is 5.96 Å². The third kappa shape index (κ3) is 4.13. The maximum Gasteiger partial charge on any atom is 0.190 e. The van der Waals surface area contributed by atoms with Crippen molar-refractivity contribution in [1.82, 2.24) is 15.6 Å². The Bertz CT molecular complexity index is 583. The monoisotopic (exact) mass is 288 g/mol. The number of pyridine rings is 1. The van der Waals surface area contributed by atoms with Crippen LogP contribution in [-0.4, -0.2) is 37.3 Å². The van der Waals surface area contributed by atoms with Gasteiger partial charge in [-0.3, -0.25) is 9.98 Å². The molecule has 0 spiro atoms. The number of nitrogens with zero attached hydrogens (tertiary/aromatic N) is 2. The zero-order valence-electron chi connectivity index (χ0n) is 11.9. The molecule has 2 N–H and O–H groups in total. The summed E-state index contributed by atoms with van der Waals surface area (Å²) < 4.78 is 0. The minimum atomic E-state index is 0.828. The number of hydrogen-bond acceptors (Lipinski definition) is 3. The second-order valence-electron chi connectivity index (χ2n) is 4.30. The predicted molar refractivity (Wildman–Crippen MR) is 88.3 cm³/mol.